The Hall–Kier alpha value is -1.16. The number of hydroxylamine groups is 1. The van der Waals surface area contributed by atoms with Crippen molar-refractivity contribution in [3.63, 3.8) is 0 Å². The van der Waals surface area contributed by atoms with Crippen molar-refractivity contribution in [1.82, 2.24) is 5.48 Å². The first-order valence-electron chi connectivity index (χ1n) is 3.89. The van der Waals surface area contributed by atoms with Crippen molar-refractivity contribution in [3.8, 4) is 0 Å². The highest BCUT2D eigenvalue weighted by molar-refractivity contribution is 5.91. The number of hydrogen-bond acceptors (Lipinski definition) is 4. The molecule has 0 aromatic carbocycles. The van der Waals surface area contributed by atoms with Crippen molar-refractivity contribution in [2.75, 3.05) is 0 Å². The predicted molar refractivity (Wildman–Crippen MR) is 40.0 cm³/mol. The number of carbonyl (C=O) groups is 2. The number of ketones is 1. The molecule has 0 aromatic heterocycles. The number of allylic oxidation sites excluding steroid dienone is 1. The van der Waals surface area contributed by atoms with Crippen LogP contribution in [-0.2, 0) is 14.4 Å². The fourth-order valence-corrected chi connectivity index (χ4v) is 1.49. The first kappa shape index (κ1) is 7.49. The lowest BCUT2D eigenvalue weighted by atomic mass is 9.86. The molecule has 4 heteroatoms. The van der Waals surface area contributed by atoms with Crippen LogP contribution in [-0.4, -0.2) is 17.3 Å². The number of rotatable bonds is 0. The maximum atomic E-state index is 10.8. The lowest BCUT2D eigenvalue weighted by molar-refractivity contribution is -0.143. The highest BCUT2D eigenvalue weighted by atomic mass is 16.7. The fraction of sp³-hybridized carbons (Fsp3) is 0.500. The fourth-order valence-electron chi connectivity index (χ4n) is 1.49. The third-order valence-corrected chi connectivity index (χ3v) is 2.23. The van der Waals surface area contributed by atoms with Gasteiger partial charge in [0, 0.05) is 6.42 Å². The minimum atomic E-state index is -0.398. The minimum Gasteiger partial charge on any atom is -0.370 e. The molecule has 1 spiro atoms. The van der Waals surface area contributed by atoms with Crippen LogP contribution < -0.4 is 5.48 Å². The van der Waals surface area contributed by atoms with Gasteiger partial charge in [-0.2, -0.15) is 0 Å². The van der Waals surface area contributed by atoms with Gasteiger partial charge in [0.25, 0.3) is 0 Å². The third-order valence-electron chi connectivity index (χ3n) is 2.23. The minimum absolute atomic E-state index is 0.113. The summed E-state index contributed by atoms with van der Waals surface area (Å²) in [7, 11) is 0. The molecule has 1 unspecified atom stereocenters. The summed E-state index contributed by atoms with van der Waals surface area (Å²) < 4.78 is 0. The monoisotopic (exact) mass is 167 g/mol. The zero-order valence-electron chi connectivity index (χ0n) is 6.50. The molecule has 1 fully saturated rings. The molecule has 4 nitrogen and oxygen atoms in total. The standard InChI is InChI=1S/C8H9NO3/c10-6-1-3-8(4-2-6)5-7(11)12-9-8/h1,3,9H,2,4-5H2. The van der Waals surface area contributed by atoms with Crippen molar-refractivity contribution in [2.24, 2.45) is 0 Å². The Kier molecular flexibility index (Phi) is 1.51. The first-order valence-corrected chi connectivity index (χ1v) is 3.89. The summed E-state index contributed by atoms with van der Waals surface area (Å²) in [5.41, 5.74) is 2.26. The molecule has 1 saturated heterocycles. The Morgan fingerprint density at radius 1 is 1.50 bits per heavy atom. The van der Waals surface area contributed by atoms with E-state index in [4.69, 9.17) is 0 Å². The van der Waals surface area contributed by atoms with Crippen molar-refractivity contribution in [1.29, 1.82) is 0 Å². The van der Waals surface area contributed by atoms with Gasteiger partial charge in [0.1, 0.15) is 0 Å². The van der Waals surface area contributed by atoms with E-state index in [0.29, 0.717) is 19.3 Å². The summed E-state index contributed by atoms with van der Waals surface area (Å²) in [6, 6.07) is 0. The zero-order chi connectivity index (χ0) is 8.60. The molecule has 1 N–H and O–H groups in total. The summed E-state index contributed by atoms with van der Waals surface area (Å²) in [4.78, 5) is 26.3. The molecular weight excluding hydrogens is 158 g/mol. The van der Waals surface area contributed by atoms with Crippen LogP contribution in [0.3, 0.4) is 0 Å². The molecule has 0 saturated carbocycles. The average Bonchev–Trinajstić information content (AvgIpc) is 2.40. The van der Waals surface area contributed by atoms with Gasteiger partial charge in [-0.15, -0.1) is 5.48 Å². The molecule has 0 aromatic rings. The Morgan fingerprint density at radius 3 is 2.83 bits per heavy atom. The molecular formula is C8H9NO3. The lowest BCUT2D eigenvalue weighted by Crippen LogP contribution is -2.39. The summed E-state index contributed by atoms with van der Waals surface area (Å²) >= 11 is 0. The van der Waals surface area contributed by atoms with Crippen LogP contribution in [0.1, 0.15) is 19.3 Å². The first-order chi connectivity index (χ1) is 5.70. The van der Waals surface area contributed by atoms with E-state index in [1.165, 1.54) is 6.08 Å². The molecule has 12 heavy (non-hydrogen) atoms. The maximum absolute atomic E-state index is 10.8. The quantitative estimate of drug-likeness (QED) is 0.555. The van der Waals surface area contributed by atoms with Crippen molar-refractivity contribution in [2.45, 2.75) is 24.8 Å². The van der Waals surface area contributed by atoms with E-state index in [9.17, 15) is 9.59 Å². The van der Waals surface area contributed by atoms with Gasteiger partial charge in [-0.25, -0.2) is 0 Å². The van der Waals surface area contributed by atoms with Crippen molar-refractivity contribution < 1.29 is 14.4 Å². The van der Waals surface area contributed by atoms with Crippen LogP contribution in [0.5, 0.6) is 0 Å². The van der Waals surface area contributed by atoms with E-state index in [1.807, 2.05) is 0 Å². The Labute approximate surface area is 69.5 Å². The molecule has 1 atom stereocenters. The lowest BCUT2D eigenvalue weighted by Gasteiger charge is -2.23. The van der Waals surface area contributed by atoms with Crippen LogP contribution in [0.15, 0.2) is 12.2 Å². The zero-order valence-corrected chi connectivity index (χ0v) is 6.50. The molecule has 1 aliphatic carbocycles. The van der Waals surface area contributed by atoms with Crippen molar-refractivity contribution >= 4 is 11.8 Å². The van der Waals surface area contributed by atoms with E-state index < -0.39 is 5.54 Å². The Bertz CT molecular complexity index is 271. The molecule has 1 aliphatic heterocycles. The van der Waals surface area contributed by atoms with E-state index >= 15 is 0 Å². The van der Waals surface area contributed by atoms with E-state index in [-0.39, 0.29) is 11.8 Å². The van der Waals surface area contributed by atoms with Gasteiger partial charge in [0.15, 0.2) is 5.78 Å². The van der Waals surface area contributed by atoms with Gasteiger partial charge >= 0.3 is 5.97 Å². The normalized spacial score (nSPS) is 34.3. The molecule has 2 aliphatic rings. The molecule has 1 heterocycles. The van der Waals surface area contributed by atoms with Crippen LogP contribution in [0.2, 0.25) is 0 Å². The van der Waals surface area contributed by atoms with E-state index in [2.05, 4.69) is 10.3 Å². The SMILES string of the molecule is O=C1C=CC2(CC1)CC(=O)ON2. The van der Waals surface area contributed by atoms with Crippen LogP contribution >= 0.6 is 0 Å². The Balaban J connectivity index is 2.18. The largest absolute Gasteiger partial charge is 0.370 e. The summed E-state index contributed by atoms with van der Waals surface area (Å²) in [5, 5.41) is 0. The van der Waals surface area contributed by atoms with Crippen molar-refractivity contribution in [3.05, 3.63) is 12.2 Å². The average molecular weight is 167 g/mol. The second-order valence-corrected chi connectivity index (χ2v) is 3.21. The predicted octanol–water partition coefficient (Wildman–Crippen LogP) is 0.0958. The van der Waals surface area contributed by atoms with Gasteiger partial charge < -0.3 is 4.84 Å². The van der Waals surface area contributed by atoms with Crippen LogP contribution in [0, 0.1) is 0 Å². The van der Waals surface area contributed by atoms with E-state index in [0.717, 1.165) is 0 Å². The van der Waals surface area contributed by atoms with E-state index in [1.54, 1.807) is 6.08 Å². The van der Waals surface area contributed by atoms with Gasteiger partial charge in [0.05, 0.1) is 12.0 Å². The highest BCUT2D eigenvalue weighted by Gasteiger charge is 2.39. The third kappa shape index (κ3) is 1.14. The number of nitrogens with one attached hydrogen (secondary N) is 1. The molecule has 0 radical (unpaired) electrons. The topological polar surface area (TPSA) is 55.4 Å². The Morgan fingerprint density at radius 2 is 2.33 bits per heavy atom. The van der Waals surface area contributed by atoms with Gasteiger partial charge in [-0.3, -0.25) is 9.59 Å². The molecule has 0 amide bonds. The highest BCUT2D eigenvalue weighted by Crippen LogP contribution is 2.28. The van der Waals surface area contributed by atoms with Crippen LogP contribution in [0.4, 0.5) is 0 Å². The summed E-state index contributed by atoms with van der Waals surface area (Å²) in [5.74, 6) is -0.143. The van der Waals surface area contributed by atoms with Gasteiger partial charge in [0.2, 0.25) is 0 Å². The number of hydrogen-bond donors (Lipinski definition) is 1. The summed E-state index contributed by atoms with van der Waals surface area (Å²) in [6.07, 6.45) is 4.70. The van der Waals surface area contributed by atoms with Crippen LogP contribution in [0.25, 0.3) is 0 Å². The summed E-state index contributed by atoms with van der Waals surface area (Å²) in [6.45, 7) is 0. The smallest absolute Gasteiger partial charge is 0.327 e. The second kappa shape index (κ2) is 2.42. The maximum Gasteiger partial charge on any atom is 0.327 e. The van der Waals surface area contributed by atoms with Gasteiger partial charge in [-0.05, 0) is 12.5 Å². The molecule has 64 valence electrons. The number of carbonyl (C=O) groups excluding carboxylic acids is 2. The molecule has 2 rings (SSSR count). The second-order valence-electron chi connectivity index (χ2n) is 3.21. The van der Waals surface area contributed by atoms with Gasteiger partial charge in [-0.1, -0.05) is 6.08 Å². The molecule has 0 bridgehead atoms.